The normalized spacial score (nSPS) is 23.0. The molecular weight excluding hydrogens is 410 g/mol. The molecule has 7 nitrogen and oxygen atoms in total. The van der Waals surface area contributed by atoms with Crippen LogP contribution in [-0.2, 0) is 6.42 Å². The number of benzene rings is 1. The number of hydrogen-bond donors (Lipinski definition) is 2. The molecule has 0 amide bonds. The molecule has 1 aliphatic carbocycles. The van der Waals surface area contributed by atoms with Crippen molar-refractivity contribution in [2.24, 2.45) is 22.0 Å². The quantitative estimate of drug-likeness (QED) is 0.692. The van der Waals surface area contributed by atoms with Crippen LogP contribution in [0.2, 0.25) is 0 Å². The van der Waals surface area contributed by atoms with Gasteiger partial charge in [0.1, 0.15) is 5.82 Å². The Balaban J connectivity index is 1.20. The molecule has 0 saturated carbocycles. The van der Waals surface area contributed by atoms with Gasteiger partial charge in [-0.25, -0.2) is 4.98 Å². The zero-order valence-electron chi connectivity index (χ0n) is 19.3. The largest absolute Gasteiger partial charge is 0.361 e. The highest BCUT2D eigenvalue weighted by Crippen LogP contribution is 2.25. The molecule has 0 spiro atoms. The van der Waals surface area contributed by atoms with Gasteiger partial charge in [-0.3, -0.25) is 0 Å². The minimum atomic E-state index is -0.000918. The van der Waals surface area contributed by atoms with Crippen LogP contribution in [0.3, 0.4) is 0 Å². The number of piperidine rings is 1. The third-order valence-electron chi connectivity index (χ3n) is 6.71. The molecule has 2 atom stereocenters. The van der Waals surface area contributed by atoms with Crippen molar-refractivity contribution in [3.05, 3.63) is 65.9 Å². The highest BCUT2D eigenvalue weighted by atomic mass is 15.2. The highest BCUT2D eigenvalue weighted by Gasteiger charge is 2.28. The molecule has 3 aliphatic rings. The first kappa shape index (κ1) is 21.5. The van der Waals surface area contributed by atoms with Gasteiger partial charge in [-0.1, -0.05) is 30.4 Å². The summed E-state index contributed by atoms with van der Waals surface area (Å²) in [6.45, 7) is 4.49. The van der Waals surface area contributed by atoms with E-state index in [1.807, 2.05) is 12.3 Å². The van der Waals surface area contributed by atoms with Crippen molar-refractivity contribution in [3.8, 4) is 0 Å². The van der Waals surface area contributed by atoms with Crippen LogP contribution in [0.25, 0.3) is 0 Å². The van der Waals surface area contributed by atoms with Gasteiger partial charge in [0.2, 0.25) is 5.95 Å². The Morgan fingerprint density at radius 2 is 1.91 bits per heavy atom. The van der Waals surface area contributed by atoms with Crippen molar-refractivity contribution in [1.29, 1.82) is 0 Å². The lowest BCUT2D eigenvalue weighted by molar-refractivity contribution is 0.219. The van der Waals surface area contributed by atoms with E-state index in [9.17, 15) is 0 Å². The average molecular weight is 442 g/mol. The number of hydrogen-bond acceptors (Lipinski definition) is 7. The Morgan fingerprint density at radius 1 is 1.09 bits per heavy atom. The monoisotopic (exact) mass is 441 g/mol. The predicted octanol–water partition coefficient (Wildman–Crippen LogP) is 4.46. The SMILES string of the molecule is CC1=CC=CC2C1=NN=CC2Nc1ccnc(Nc2ccc(CC3CCN(C)CC3)cc2)n1. The molecule has 0 bridgehead atoms. The first-order chi connectivity index (χ1) is 16.1. The first-order valence-electron chi connectivity index (χ1n) is 11.7. The molecule has 170 valence electrons. The molecule has 1 fully saturated rings. The smallest absolute Gasteiger partial charge is 0.229 e. The van der Waals surface area contributed by atoms with Crippen LogP contribution in [0.1, 0.15) is 25.3 Å². The van der Waals surface area contributed by atoms with Gasteiger partial charge >= 0.3 is 0 Å². The van der Waals surface area contributed by atoms with Crippen molar-refractivity contribution in [3.63, 3.8) is 0 Å². The summed E-state index contributed by atoms with van der Waals surface area (Å²) >= 11 is 0. The van der Waals surface area contributed by atoms with E-state index in [0.29, 0.717) is 5.95 Å². The van der Waals surface area contributed by atoms with E-state index in [4.69, 9.17) is 0 Å². The lowest BCUT2D eigenvalue weighted by Crippen LogP contribution is -2.38. The van der Waals surface area contributed by atoms with E-state index < -0.39 is 0 Å². The number of nitrogens with one attached hydrogen (secondary N) is 2. The van der Waals surface area contributed by atoms with Gasteiger partial charge in [0.05, 0.1) is 18.0 Å². The minimum Gasteiger partial charge on any atom is -0.361 e. The van der Waals surface area contributed by atoms with Gasteiger partial charge in [0.15, 0.2) is 0 Å². The maximum Gasteiger partial charge on any atom is 0.229 e. The molecule has 2 unspecified atom stereocenters. The fourth-order valence-corrected chi connectivity index (χ4v) is 4.70. The average Bonchev–Trinajstić information content (AvgIpc) is 2.83. The maximum absolute atomic E-state index is 4.66. The molecule has 2 aromatic rings. The van der Waals surface area contributed by atoms with Crippen LogP contribution < -0.4 is 10.6 Å². The van der Waals surface area contributed by atoms with Crippen molar-refractivity contribution >= 4 is 29.4 Å². The van der Waals surface area contributed by atoms with Crippen LogP contribution in [-0.4, -0.2) is 53.0 Å². The van der Waals surface area contributed by atoms with Crippen molar-refractivity contribution in [2.45, 2.75) is 32.2 Å². The summed E-state index contributed by atoms with van der Waals surface area (Å²) in [5.41, 5.74) is 4.54. The zero-order valence-corrected chi connectivity index (χ0v) is 19.3. The molecule has 2 N–H and O–H groups in total. The number of fused-ring (bicyclic) bond motifs is 1. The van der Waals surface area contributed by atoms with E-state index in [-0.39, 0.29) is 12.0 Å². The fraction of sp³-hybridized carbons (Fsp3) is 0.385. The third-order valence-corrected chi connectivity index (χ3v) is 6.71. The number of allylic oxidation sites excluding steroid dienone is 3. The van der Waals surface area contributed by atoms with E-state index in [1.54, 1.807) is 6.20 Å². The fourth-order valence-electron chi connectivity index (χ4n) is 4.70. The summed E-state index contributed by atoms with van der Waals surface area (Å²) in [5.74, 6) is 2.26. The third kappa shape index (κ3) is 5.20. The second kappa shape index (κ2) is 9.67. The second-order valence-electron chi connectivity index (χ2n) is 9.22. The van der Waals surface area contributed by atoms with E-state index in [2.05, 4.69) is 92.2 Å². The summed E-state index contributed by atoms with van der Waals surface area (Å²) in [6, 6.07) is 10.5. The number of anilines is 3. The zero-order chi connectivity index (χ0) is 22.6. The molecule has 33 heavy (non-hydrogen) atoms. The topological polar surface area (TPSA) is 77.8 Å². The number of aromatic nitrogens is 2. The Kier molecular flexibility index (Phi) is 6.30. The van der Waals surface area contributed by atoms with Gasteiger partial charge in [0.25, 0.3) is 0 Å². The van der Waals surface area contributed by atoms with Crippen LogP contribution in [0, 0.1) is 11.8 Å². The summed E-state index contributed by atoms with van der Waals surface area (Å²) in [5, 5.41) is 15.3. The number of rotatable bonds is 6. The van der Waals surface area contributed by atoms with E-state index >= 15 is 0 Å². The molecule has 2 aliphatic heterocycles. The Bertz CT molecular complexity index is 1090. The summed E-state index contributed by atoms with van der Waals surface area (Å²) < 4.78 is 0. The lowest BCUT2D eigenvalue weighted by atomic mass is 9.86. The minimum absolute atomic E-state index is 0.000918. The van der Waals surface area contributed by atoms with Crippen molar-refractivity contribution in [2.75, 3.05) is 30.8 Å². The lowest BCUT2D eigenvalue weighted by Gasteiger charge is -2.29. The highest BCUT2D eigenvalue weighted by molar-refractivity contribution is 6.07. The van der Waals surface area contributed by atoms with Crippen LogP contribution in [0.15, 0.2) is 70.5 Å². The number of likely N-dealkylation sites (tertiary alicyclic amines) is 1. The first-order valence-corrected chi connectivity index (χ1v) is 11.7. The summed E-state index contributed by atoms with van der Waals surface area (Å²) in [7, 11) is 2.21. The molecule has 1 saturated heterocycles. The Morgan fingerprint density at radius 3 is 2.73 bits per heavy atom. The van der Waals surface area contributed by atoms with Gasteiger partial charge < -0.3 is 15.5 Å². The van der Waals surface area contributed by atoms with Gasteiger partial charge in [-0.2, -0.15) is 15.2 Å². The molecule has 3 heterocycles. The molecule has 1 aromatic heterocycles. The van der Waals surface area contributed by atoms with Crippen LogP contribution in [0.4, 0.5) is 17.5 Å². The summed E-state index contributed by atoms with van der Waals surface area (Å²) in [6.07, 6.45) is 13.6. The summed E-state index contributed by atoms with van der Waals surface area (Å²) in [4.78, 5) is 11.5. The standard InChI is InChI=1S/C26H31N7/c1-18-4-3-5-22-23(17-28-32-25(18)22)30-24-10-13-27-26(31-24)29-21-8-6-19(7-9-21)16-20-11-14-33(2)15-12-20/h3-10,13,17,20,22-23H,11-12,14-16H2,1-2H3,(H2,27,29,30,31). The van der Waals surface area contributed by atoms with Crippen LogP contribution in [0.5, 0.6) is 0 Å². The van der Waals surface area contributed by atoms with Gasteiger partial charge in [-0.15, -0.1) is 0 Å². The Labute approximate surface area is 195 Å². The van der Waals surface area contributed by atoms with Crippen molar-refractivity contribution in [1.82, 2.24) is 14.9 Å². The number of nitrogens with zero attached hydrogens (tertiary/aromatic N) is 5. The van der Waals surface area contributed by atoms with Crippen molar-refractivity contribution < 1.29 is 0 Å². The molecule has 7 heteroatoms. The predicted molar refractivity (Wildman–Crippen MR) is 135 cm³/mol. The van der Waals surface area contributed by atoms with E-state index in [1.165, 1.54) is 31.5 Å². The van der Waals surface area contributed by atoms with E-state index in [0.717, 1.165) is 35.1 Å². The van der Waals surface area contributed by atoms with Crippen LogP contribution >= 0.6 is 0 Å². The Hall–Kier alpha value is -3.32. The molecular formula is C26H31N7. The maximum atomic E-state index is 4.66. The molecule has 5 rings (SSSR count). The molecule has 0 radical (unpaired) electrons. The molecule has 1 aromatic carbocycles. The van der Waals surface area contributed by atoms with Gasteiger partial charge in [0, 0.05) is 17.8 Å². The second-order valence-corrected chi connectivity index (χ2v) is 9.22. The van der Waals surface area contributed by atoms with Gasteiger partial charge in [-0.05, 0) is 81.6 Å².